The monoisotopic (exact) mass is 405 g/mol. The van der Waals surface area contributed by atoms with Gasteiger partial charge in [0.2, 0.25) is 0 Å². The van der Waals surface area contributed by atoms with Gasteiger partial charge >= 0.3 is 0 Å². The van der Waals surface area contributed by atoms with Crippen LogP contribution >= 0.6 is 0 Å². The van der Waals surface area contributed by atoms with Crippen LogP contribution in [0.1, 0.15) is 27.8 Å². The zero-order valence-electron chi connectivity index (χ0n) is 15.8. The van der Waals surface area contributed by atoms with E-state index in [1.807, 2.05) is 0 Å². The third-order valence-corrected chi connectivity index (χ3v) is 6.31. The van der Waals surface area contributed by atoms with Crippen LogP contribution in [0.5, 0.6) is 11.5 Å². The van der Waals surface area contributed by atoms with Gasteiger partial charge in [-0.1, -0.05) is 30.3 Å². The minimum absolute atomic E-state index is 0. The minimum Gasteiger partial charge on any atom is -0.508 e. The first-order chi connectivity index (χ1) is 12.8. The van der Waals surface area contributed by atoms with E-state index in [2.05, 4.69) is 0 Å². The molecule has 0 bridgehead atoms. The molecule has 0 saturated carbocycles. The van der Waals surface area contributed by atoms with Crippen molar-refractivity contribution in [2.24, 2.45) is 0 Å². The fourth-order valence-electron chi connectivity index (χ4n) is 3.84. The van der Waals surface area contributed by atoms with Gasteiger partial charge in [-0.05, 0) is 66.4 Å². The molecule has 0 amide bonds. The van der Waals surface area contributed by atoms with Gasteiger partial charge in [0.25, 0.3) is 10.1 Å². The van der Waals surface area contributed by atoms with Crippen LogP contribution in [-0.4, -0.2) is 48.2 Å². The fourth-order valence-corrected chi connectivity index (χ4v) is 5.26. The first-order valence-electron chi connectivity index (χ1n) is 8.41. The summed E-state index contributed by atoms with van der Waals surface area (Å²) in [4.78, 5) is 0.116. The molecule has 4 rings (SSSR count). The summed E-state index contributed by atoms with van der Waals surface area (Å²) in [6, 6.07) is 16.2. The third kappa shape index (κ3) is 3.06. The van der Waals surface area contributed by atoms with Crippen molar-refractivity contribution in [3.8, 4) is 11.5 Å². The van der Waals surface area contributed by atoms with Crippen molar-refractivity contribution in [2.75, 3.05) is 0 Å². The number of hydrogen-bond acceptors (Lipinski definition) is 5. The molecular weight excluding hydrogens is 387 g/mol. The van der Waals surface area contributed by atoms with Crippen LogP contribution in [0.15, 0.2) is 65.6 Å². The van der Waals surface area contributed by atoms with E-state index in [4.69, 9.17) is 4.18 Å². The topological polar surface area (TPSA) is 83.8 Å². The number of aryl methyl sites for hydroxylation is 2. The third-order valence-electron chi connectivity index (χ3n) is 4.95. The van der Waals surface area contributed by atoms with Gasteiger partial charge in [0.1, 0.15) is 16.4 Å². The summed E-state index contributed by atoms with van der Waals surface area (Å²) in [7, 11) is -3.99. The zero-order valence-corrected chi connectivity index (χ0v) is 18.6. The number of hydrogen-bond donors (Lipinski definition) is 2. The van der Waals surface area contributed by atoms with Gasteiger partial charge in [0.15, 0.2) is 5.60 Å². The first-order valence-corrected chi connectivity index (χ1v) is 9.82. The van der Waals surface area contributed by atoms with Crippen LogP contribution in [0.3, 0.4) is 0 Å². The summed E-state index contributed by atoms with van der Waals surface area (Å²) in [5, 5.41) is 19.7. The van der Waals surface area contributed by atoms with Crippen molar-refractivity contribution >= 4 is 39.7 Å². The van der Waals surface area contributed by atoms with E-state index in [9.17, 15) is 18.6 Å². The molecule has 7 heteroatoms. The Morgan fingerprint density at radius 3 is 1.79 bits per heavy atom. The molecule has 1 aliphatic rings. The maximum absolute atomic E-state index is 12.9. The maximum atomic E-state index is 12.9. The van der Waals surface area contributed by atoms with Crippen LogP contribution in [0, 0.1) is 13.8 Å². The van der Waals surface area contributed by atoms with Crippen molar-refractivity contribution in [3.05, 3.63) is 88.5 Å². The Bertz CT molecular complexity index is 1120. The molecule has 0 aromatic heterocycles. The quantitative estimate of drug-likeness (QED) is 0.505. The fraction of sp³-hybridized carbons (Fsp3) is 0.143. The summed E-state index contributed by atoms with van der Waals surface area (Å²) in [6.07, 6.45) is 0. The van der Waals surface area contributed by atoms with Crippen molar-refractivity contribution in [1.29, 1.82) is 0 Å². The molecule has 0 fully saturated rings. The van der Waals surface area contributed by atoms with Crippen LogP contribution < -0.4 is 0 Å². The van der Waals surface area contributed by atoms with E-state index in [-0.39, 0.29) is 46.0 Å². The predicted octanol–water partition coefficient (Wildman–Crippen LogP) is 3.34. The molecule has 5 nitrogen and oxygen atoms in total. The zero-order chi connectivity index (χ0) is 19.4. The van der Waals surface area contributed by atoms with Gasteiger partial charge in [-0.15, -0.1) is 0 Å². The number of benzene rings is 3. The second-order valence-electron chi connectivity index (χ2n) is 6.71. The van der Waals surface area contributed by atoms with Crippen molar-refractivity contribution in [1.82, 2.24) is 0 Å². The molecule has 0 saturated heterocycles. The normalized spacial score (nSPS) is 16.2. The van der Waals surface area contributed by atoms with Gasteiger partial charge < -0.3 is 10.2 Å². The summed E-state index contributed by atoms with van der Waals surface area (Å²) in [5.74, 6) is 0.172. The Hall–Kier alpha value is -1.83. The Morgan fingerprint density at radius 2 is 1.29 bits per heavy atom. The number of rotatable bonds is 2. The van der Waals surface area contributed by atoms with E-state index in [1.165, 1.54) is 18.2 Å². The number of phenols is 2. The van der Waals surface area contributed by atoms with Crippen LogP contribution in [0.2, 0.25) is 0 Å². The Balaban J connectivity index is 0.00000225. The predicted molar refractivity (Wildman–Crippen MR) is 106 cm³/mol. The molecule has 3 aromatic carbocycles. The average molecular weight is 405 g/mol. The number of aromatic hydroxyl groups is 2. The van der Waals surface area contributed by atoms with E-state index >= 15 is 0 Å². The molecule has 1 radical (unpaired) electrons. The van der Waals surface area contributed by atoms with Crippen molar-refractivity contribution in [3.63, 3.8) is 0 Å². The second kappa shape index (κ2) is 7.21. The average Bonchev–Trinajstić information content (AvgIpc) is 2.84. The van der Waals surface area contributed by atoms with Crippen LogP contribution in [0.4, 0.5) is 0 Å². The van der Waals surface area contributed by atoms with E-state index < -0.39 is 15.7 Å². The van der Waals surface area contributed by atoms with Crippen molar-refractivity contribution < 1.29 is 22.8 Å². The first kappa shape index (κ1) is 20.9. The molecule has 1 heterocycles. The van der Waals surface area contributed by atoms with Gasteiger partial charge in [-0.3, -0.25) is 0 Å². The summed E-state index contributed by atoms with van der Waals surface area (Å²) in [6.45, 7) is 3.59. The van der Waals surface area contributed by atoms with Gasteiger partial charge in [-0.25, -0.2) is 4.18 Å². The smallest absolute Gasteiger partial charge is 0.298 e. The largest absolute Gasteiger partial charge is 0.508 e. The molecule has 1 aliphatic heterocycles. The van der Waals surface area contributed by atoms with E-state index in [0.29, 0.717) is 27.8 Å². The second-order valence-corrected chi connectivity index (χ2v) is 8.23. The SMILES string of the molecule is Cc1cc(O)ccc1C1(c2ccc(O)cc2C)OS(=O)(=O)c2ccccc21.[Na]. The minimum atomic E-state index is -3.99. The van der Waals surface area contributed by atoms with Gasteiger partial charge in [0, 0.05) is 35.1 Å². The summed E-state index contributed by atoms with van der Waals surface area (Å²) in [5.41, 5.74) is 1.71. The number of fused-ring (bicyclic) bond motifs is 1. The Kier molecular flexibility index (Phi) is 5.38. The molecule has 0 atom stereocenters. The van der Waals surface area contributed by atoms with Crippen LogP contribution in [0.25, 0.3) is 0 Å². The van der Waals surface area contributed by atoms with E-state index in [1.54, 1.807) is 56.3 Å². The molecule has 0 unspecified atom stereocenters. The summed E-state index contributed by atoms with van der Waals surface area (Å²) < 4.78 is 31.5. The van der Waals surface area contributed by atoms with Gasteiger partial charge in [0.05, 0.1) is 0 Å². The maximum Gasteiger partial charge on any atom is 0.298 e. The van der Waals surface area contributed by atoms with Crippen LogP contribution in [-0.2, 0) is 19.9 Å². The van der Waals surface area contributed by atoms with Gasteiger partial charge in [-0.2, -0.15) is 8.42 Å². The molecule has 0 aliphatic carbocycles. The molecular formula is C21H18NaO5S. The van der Waals surface area contributed by atoms with E-state index in [0.717, 1.165) is 0 Å². The van der Waals surface area contributed by atoms with Crippen molar-refractivity contribution in [2.45, 2.75) is 24.3 Å². The Morgan fingerprint density at radius 1 is 0.786 bits per heavy atom. The summed E-state index contributed by atoms with van der Waals surface area (Å²) >= 11 is 0. The number of phenolic OH excluding ortho intramolecular Hbond substituents is 2. The molecule has 2 N–H and O–H groups in total. The Labute approximate surface area is 186 Å². The molecule has 139 valence electrons. The molecule has 0 spiro atoms. The standard InChI is InChI=1S/C21H18O5S.Na/c1-13-11-15(22)7-9-17(13)21(18-10-8-16(23)12-14(18)2)19-5-3-4-6-20(19)27(24,25)26-21;/h3-12,22-23H,1-2H3;. The molecule has 28 heavy (non-hydrogen) atoms. The molecule has 3 aromatic rings.